The summed E-state index contributed by atoms with van der Waals surface area (Å²) in [4.78, 5) is 56.0. The van der Waals surface area contributed by atoms with E-state index in [2.05, 4.69) is 15.6 Å². The highest BCUT2D eigenvalue weighted by Crippen LogP contribution is 2.41. The number of alkyl carbamates (subject to hydrolysis) is 1. The third-order valence-corrected chi connectivity index (χ3v) is 10.0. The number of nitrogens with zero attached hydrogens (tertiary/aromatic N) is 1. The number of carboxylic acid groups (broad SMARTS) is 1. The minimum absolute atomic E-state index is 0.000810. The Kier molecular flexibility index (Phi) is 10.2. The van der Waals surface area contributed by atoms with Gasteiger partial charge in [-0.1, -0.05) is 32.1 Å². The number of carbonyl (C=O) groups excluding carboxylic acids is 3. The van der Waals surface area contributed by atoms with E-state index in [9.17, 15) is 33.1 Å². The van der Waals surface area contributed by atoms with Crippen LogP contribution in [0.2, 0.25) is 0 Å². The number of rotatable bonds is 8. The number of nitrogens with one attached hydrogen (secondary N) is 3. The van der Waals surface area contributed by atoms with Crippen molar-refractivity contribution in [2.75, 3.05) is 18.5 Å². The number of H-pyrrole nitrogens is 1. The molecule has 0 radical (unpaired) electrons. The molecule has 2 aliphatic carbocycles. The van der Waals surface area contributed by atoms with Gasteiger partial charge in [0.1, 0.15) is 18.3 Å². The third-order valence-electron chi connectivity index (χ3n) is 10.0. The summed E-state index contributed by atoms with van der Waals surface area (Å²) in [6.07, 6.45) is 7.63. The first-order chi connectivity index (χ1) is 21.9. The number of hydrogen-bond donors (Lipinski definition) is 4. The van der Waals surface area contributed by atoms with Crippen molar-refractivity contribution in [1.82, 2.24) is 15.2 Å². The molecule has 1 unspecified atom stereocenters. The lowest BCUT2D eigenvalue weighted by molar-refractivity contribution is -0.142. The summed E-state index contributed by atoms with van der Waals surface area (Å²) < 4.78 is 34.1. The normalized spacial score (nSPS) is 24.8. The smallest absolute Gasteiger partial charge is 0.407 e. The summed E-state index contributed by atoms with van der Waals surface area (Å²) in [5.41, 5.74) is -0.615. The lowest BCUT2D eigenvalue weighted by Gasteiger charge is -2.37. The summed E-state index contributed by atoms with van der Waals surface area (Å²) in [6.45, 7) is 4.98. The van der Waals surface area contributed by atoms with Gasteiger partial charge in [0.05, 0.1) is 6.04 Å². The number of fused-ring (bicyclic) bond motifs is 1. The van der Waals surface area contributed by atoms with Crippen molar-refractivity contribution in [1.29, 1.82) is 0 Å². The molecule has 1 aliphatic heterocycles. The Morgan fingerprint density at radius 3 is 2.37 bits per heavy atom. The van der Waals surface area contributed by atoms with Gasteiger partial charge in [-0.3, -0.25) is 9.59 Å². The van der Waals surface area contributed by atoms with E-state index in [1.165, 1.54) is 12.1 Å². The maximum absolute atomic E-state index is 14.8. The Morgan fingerprint density at radius 2 is 1.74 bits per heavy atom. The number of hydrogen-bond acceptors (Lipinski definition) is 5. The van der Waals surface area contributed by atoms with Crippen LogP contribution in [-0.4, -0.2) is 69.8 Å². The predicted molar refractivity (Wildman–Crippen MR) is 169 cm³/mol. The number of benzene rings is 1. The molecule has 1 saturated heterocycles. The van der Waals surface area contributed by atoms with E-state index < -0.39 is 47.9 Å². The van der Waals surface area contributed by atoms with Crippen LogP contribution in [0.4, 0.5) is 19.3 Å². The van der Waals surface area contributed by atoms with E-state index in [-0.39, 0.29) is 35.0 Å². The second-order valence-corrected chi connectivity index (χ2v) is 14.2. The van der Waals surface area contributed by atoms with Crippen LogP contribution in [-0.2, 0) is 14.3 Å². The molecule has 12 heteroatoms. The maximum atomic E-state index is 14.8. The molecule has 3 aliphatic rings. The highest BCUT2D eigenvalue weighted by Gasteiger charge is 2.47. The zero-order valence-corrected chi connectivity index (χ0v) is 26.9. The lowest BCUT2D eigenvalue weighted by Crippen LogP contribution is -2.50. The van der Waals surface area contributed by atoms with E-state index in [1.807, 2.05) is 0 Å². The van der Waals surface area contributed by atoms with E-state index in [0.29, 0.717) is 49.4 Å². The number of amides is 3. The summed E-state index contributed by atoms with van der Waals surface area (Å²) in [7, 11) is 0. The number of aromatic amines is 1. The predicted octanol–water partition coefficient (Wildman–Crippen LogP) is 6.41. The minimum atomic E-state index is -1.41. The number of carboxylic acids is 1. The van der Waals surface area contributed by atoms with Crippen LogP contribution < -0.4 is 10.6 Å². The van der Waals surface area contributed by atoms with Crippen LogP contribution in [0, 0.1) is 29.5 Å². The van der Waals surface area contributed by atoms with Gasteiger partial charge in [-0.25, -0.2) is 18.4 Å². The molecule has 2 heterocycles. The molecule has 2 aromatic rings. The van der Waals surface area contributed by atoms with Crippen molar-refractivity contribution < 1.29 is 37.8 Å². The number of aromatic carboxylic acids is 1. The van der Waals surface area contributed by atoms with Crippen molar-refractivity contribution in [3.8, 4) is 0 Å². The topological polar surface area (TPSA) is 141 Å². The fourth-order valence-corrected chi connectivity index (χ4v) is 7.80. The van der Waals surface area contributed by atoms with Crippen LogP contribution in [0.15, 0.2) is 18.2 Å². The van der Waals surface area contributed by atoms with E-state index >= 15 is 0 Å². The van der Waals surface area contributed by atoms with Crippen LogP contribution in [0.3, 0.4) is 0 Å². The summed E-state index contributed by atoms with van der Waals surface area (Å²) in [5, 5.41) is 14.9. The number of aromatic nitrogens is 1. The average molecular weight is 645 g/mol. The first-order valence-corrected chi connectivity index (χ1v) is 16.6. The fraction of sp³-hybridized carbons (Fsp3) is 0.647. The molecular weight excluding hydrogens is 598 g/mol. The highest BCUT2D eigenvalue weighted by atomic mass is 19.1. The van der Waals surface area contributed by atoms with Gasteiger partial charge in [-0.2, -0.15) is 0 Å². The molecule has 0 spiro atoms. The number of ether oxygens (including phenoxy) is 1. The molecule has 3 fully saturated rings. The Morgan fingerprint density at radius 1 is 1.04 bits per heavy atom. The van der Waals surface area contributed by atoms with Gasteiger partial charge in [-0.05, 0) is 88.8 Å². The SMILES string of the molecule is CC(C)(C)OC(=O)NC(CF)[C@H]1CC[C@H](C(=O)N2CC[C@@H](C3CCCCC3)[C@H]2C(=O)Nc2ccc3[nH]c(C(=O)O)c(F)c3c2)CC1. The number of carbonyl (C=O) groups is 4. The lowest BCUT2D eigenvalue weighted by atomic mass is 9.76. The molecular formula is C34H46F2N4O6. The Hall–Kier alpha value is -3.70. The monoisotopic (exact) mass is 644 g/mol. The van der Waals surface area contributed by atoms with Crippen molar-refractivity contribution in [2.45, 2.75) is 103 Å². The molecule has 3 amide bonds. The second kappa shape index (κ2) is 14.0. The molecule has 1 aromatic heterocycles. The molecule has 0 bridgehead atoms. The largest absolute Gasteiger partial charge is 0.476 e. The molecule has 10 nitrogen and oxygen atoms in total. The standard InChI is InChI=1S/C34H46F2N4O6/c1-34(2,3)46-33(45)39-26(18-35)20-9-11-21(12-10-20)31(42)40-16-15-23(19-7-5-4-6-8-19)29(40)30(41)37-22-13-14-25-24(17-22)27(36)28(38-25)32(43)44/h13-14,17,19-21,23,26,29,38H,4-12,15-16,18H2,1-3H3,(H,37,41)(H,39,45)(H,43,44)/t20-,21-,23-,26?,29-/m0/s1. The second-order valence-electron chi connectivity index (χ2n) is 14.2. The van der Waals surface area contributed by atoms with Gasteiger partial charge in [0, 0.05) is 29.1 Å². The first-order valence-electron chi connectivity index (χ1n) is 16.6. The molecule has 252 valence electrons. The average Bonchev–Trinajstić information content (AvgIpc) is 3.61. The zero-order valence-electron chi connectivity index (χ0n) is 26.9. The highest BCUT2D eigenvalue weighted by molar-refractivity contribution is 6.01. The van der Waals surface area contributed by atoms with Gasteiger partial charge in [0.15, 0.2) is 11.5 Å². The summed E-state index contributed by atoms with van der Waals surface area (Å²) in [5.74, 6) is -2.83. The third kappa shape index (κ3) is 7.47. The summed E-state index contributed by atoms with van der Waals surface area (Å²) >= 11 is 0. The van der Waals surface area contributed by atoms with Crippen molar-refractivity contribution >= 4 is 40.5 Å². The van der Waals surface area contributed by atoms with Crippen LogP contribution in [0.5, 0.6) is 0 Å². The first kappa shape index (κ1) is 33.7. The van der Waals surface area contributed by atoms with Crippen LogP contribution in [0.1, 0.15) is 95.5 Å². The number of anilines is 1. The summed E-state index contributed by atoms with van der Waals surface area (Å²) in [6, 6.07) is 3.16. The Labute approximate surface area is 268 Å². The maximum Gasteiger partial charge on any atom is 0.407 e. The van der Waals surface area contributed by atoms with Crippen molar-refractivity contribution in [3.63, 3.8) is 0 Å². The molecule has 5 rings (SSSR count). The van der Waals surface area contributed by atoms with Gasteiger partial charge in [-0.15, -0.1) is 0 Å². The fourth-order valence-electron chi connectivity index (χ4n) is 7.80. The molecule has 3 atom stereocenters. The number of alkyl halides is 1. The Bertz CT molecular complexity index is 1440. The van der Waals surface area contributed by atoms with Crippen LogP contribution >= 0.6 is 0 Å². The van der Waals surface area contributed by atoms with Gasteiger partial charge >= 0.3 is 12.1 Å². The number of likely N-dealkylation sites (tertiary alicyclic amines) is 1. The van der Waals surface area contributed by atoms with E-state index in [4.69, 9.17) is 4.74 Å². The van der Waals surface area contributed by atoms with Gasteiger partial charge in [0.25, 0.3) is 0 Å². The van der Waals surface area contributed by atoms with Gasteiger partial charge in [0.2, 0.25) is 11.8 Å². The van der Waals surface area contributed by atoms with Gasteiger partial charge < -0.3 is 30.4 Å². The molecule has 46 heavy (non-hydrogen) atoms. The molecule has 4 N–H and O–H groups in total. The van der Waals surface area contributed by atoms with E-state index in [0.717, 1.165) is 38.5 Å². The number of halogens is 2. The zero-order chi connectivity index (χ0) is 33.2. The van der Waals surface area contributed by atoms with E-state index in [1.54, 1.807) is 31.7 Å². The minimum Gasteiger partial charge on any atom is -0.476 e. The Balaban J connectivity index is 1.29. The molecule has 2 saturated carbocycles. The van der Waals surface area contributed by atoms with Crippen molar-refractivity contribution in [3.05, 3.63) is 29.7 Å². The van der Waals surface area contributed by atoms with Crippen LogP contribution in [0.25, 0.3) is 10.9 Å². The van der Waals surface area contributed by atoms with Crippen molar-refractivity contribution in [2.24, 2.45) is 23.7 Å². The quantitative estimate of drug-likeness (QED) is 0.262. The molecule has 1 aromatic carbocycles.